The lowest BCUT2D eigenvalue weighted by Crippen LogP contribution is -2.38. The molecule has 0 aromatic heterocycles. The van der Waals surface area contributed by atoms with Crippen LogP contribution in [0.1, 0.15) is 34.0 Å². The van der Waals surface area contributed by atoms with Gasteiger partial charge in [0.2, 0.25) is 0 Å². The molecular formula is C22H29FN4O. The van der Waals surface area contributed by atoms with Gasteiger partial charge in [-0.1, -0.05) is 24.3 Å². The fraction of sp³-hybridized carbons (Fsp3) is 0.364. The molecule has 150 valence electrons. The number of amides is 1. The highest BCUT2D eigenvalue weighted by atomic mass is 19.1. The Labute approximate surface area is 166 Å². The van der Waals surface area contributed by atoms with Gasteiger partial charge < -0.3 is 15.5 Å². The third-order valence-electron chi connectivity index (χ3n) is 4.27. The SMILES string of the molecule is CCNC(=NCc1ccc(F)c(C)c1)NCCc1cccc(C(=O)N(C)C)c1. The van der Waals surface area contributed by atoms with Crippen LogP contribution in [0.4, 0.5) is 4.39 Å². The number of halogens is 1. The Morgan fingerprint density at radius 3 is 2.57 bits per heavy atom. The van der Waals surface area contributed by atoms with Gasteiger partial charge in [-0.2, -0.15) is 0 Å². The van der Waals surface area contributed by atoms with Crippen molar-refractivity contribution in [1.29, 1.82) is 0 Å². The molecule has 2 aromatic rings. The average Bonchev–Trinajstić information content (AvgIpc) is 2.68. The maximum Gasteiger partial charge on any atom is 0.253 e. The second-order valence-corrected chi connectivity index (χ2v) is 6.86. The van der Waals surface area contributed by atoms with E-state index in [1.54, 1.807) is 32.0 Å². The van der Waals surface area contributed by atoms with Crippen LogP contribution in [0.5, 0.6) is 0 Å². The molecule has 6 heteroatoms. The van der Waals surface area contributed by atoms with Crippen LogP contribution >= 0.6 is 0 Å². The number of benzene rings is 2. The van der Waals surface area contributed by atoms with Crippen LogP contribution in [0.3, 0.4) is 0 Å². The molecule has 0 fully saturated rings. The van der Waals surface area contributed by atoms with Gasteiger partial charge in [-0.3, -0.25) is 4.79 Å². The first-order chi connectivity index (χ1) is 13.4. The summed E-state index contributed by atoms with van der Waals surface area (Å²) in [6.07, 6.45) is 0.772. The lowest BCUT2D eigenvalue weighted by atomic mass is 10.1. The predicted octanol–water partition coefficient (Wildman–Crippen LogP) is 3.13. The standard InChI is InChI=1S/C22H29FN4O/c1-5-24-22(26-15-18-9-10-20(23)16(2)13-18)25-12-11-17-7-6-8-19(14-17)21(28)27(3)4/h6-10,13-14H,5,11-12,15H2,1-4H3,(H2,24,25,26). The third-order valence-corrected chi connectivity index (χ3v) is 4.27. The predicted molar refractivity (Wildman–Crippen MR) is 112 cm³/mol. The minimum absolute atomic E-state index is 0.000647. The van der Waals surface area contributed by atoms with Crippen molar-refractivity contribution in [3.05, 3.63) is 70.5 Å². The Balaban J connectivity index is 1.95. The zero-order valence-corrected chi connectivity index (χ0v) is 17.1. The number of aliphatic imine (C=N–C) groups is 1. The van der Waals surface area contributed by atoms with Crippen LogP contribution in [0.2, 0.25) is 0 Å². The fourth-order valence-corrected chi connectivity index (χ4v) is 2.76. The largest absolute Gasteiger partial charge is 0.357 e. The van der Waals surface area contributed by atoms with Gasteiger partial charge in [-0.05, 0) is 55.2 Å². The van der Waals surface area contributed by atoms with Gasteiger partial charge >= 0.3 is 0 Å². The van der Waals surface area contributed by atoms with E-state index in [1.807, 2.05) is 37.3 Å². The number of hydrogen-bond acceptors (Lipinski definition) is 2. The summed E-state index contributed by atoms with van der Waals surface area (Å²) in [4.78, 5) is 18.2. The highest BCUT2D eigenvalue weighted by molar-refractivity contribution is 5.94. The highest BCUT2D eigenvalue weighted by Gasteiger charge is 2.08. The van der Waals surface area contributed by atoms with Crippen molar-refractivity contribution in [3.8, 4) is 0 Å². The Bertz CT molecular complexity index is 833. The number of hydrogen-bond donors (Lipinski definition) is 2. The van der Waals surface area contributed by atoms with Gasteiger partial charge in [0.05, 0.1) is 6.54 Å². The van der Waals surface area contributed by atoms with E-state index < -0.39 is 0 Å². The molecule has 0 atom stereocenters. The summed E-state index contributed by atoms with van der Waals surface area (Å²) < 4.78 is 13.4. The second-order valence-electron chi connectivity index (χ2n) is 6.86. The van der Waals surface area contributed by atoms with Crippen molar-refractivity contribution in [1.82, 2.24) is 15.5 Å². The first-order valence-electron chi connectivity index (χ1n) is 9.48. The maximum atomic E-state index is 13.4. The minimum atomic E-state index is -0.201. The number of aryl methyl sites for hydroxylation is 1. The second kappa shape index (κ2) is 10.4. The number of rotatable bonds is 7. The topological polar surface area (TPSA) is 56.7 Å². The summed E-state index contributed by atoms with van der Waals surface area (Å²) in [5.41, 5.74) is 3.36. The molecular weight excluding hydrogens is 355 g/mol. The van der Waals surface area contributed by atoms with Gasteiger partial charge in [0.15, 0.2) is 5.96 Å². The molecule has 0 aliphatic carbocycles. The van der Waals surface area contributed by atoms with Crippen LogP contribution < -0.4 is 10.6 Å². The highest BCUT2D eigenvalue weighted by Crippen LogP contribution is 2.10. The van der Waals surface area contributed by atoms with Crippen LogP contribution in [0.25, 0.3) is 0 Å². The molecule has 0 spiro atoms. The number of carbonyl (C=O) groups is 1. The minimum Gasteiger partial charge on any atom is -0.357 e. The zero-order chi connectivity index (χ0) is 20.5. The Morgan fingerprint density at radius 1 is 1.11 bits per heavy atom. The molecule has 0 aliphatic heterocycles. The molecule has 0 aliphatic rings. The van der Waals surface area contributed by atoms with Crippen molar-refractivity contribution in [2.75, 3.05) is 27.2 Å². The van der Waals surface area contributed by atoms with E-state index >= 15 is 0 Å². The zero-order valence-electron chi connectivity index (χ0n) is 17.1. The molecule has 0 saturated heterocycles. The van der Waals surface area contributed by atoms with Gasteiger partial charge in [0.1, 0.15) is 5.82 Å². The van der Waals surface area contributed by atoms with Crippen molar-refractivity contribution in [2.24, 2.45) is 4.99 Å². The van der Waals surface area contributed by atoms with Crippen LogP contribution in [0.15, 0.2) is 47.5 Å². The molecule has 0 unspecified atom stereocenters. The molecule has 2 N–H and O–H groups in total. The first kappa shape index (κ1) is 21.4. The molecule has 2 aromatic carbocycles. The van der Waals surface area contributed by atoms with Crippen LogP contribution in [0, 0.1) is 12.7 Å². The summed E-state index contributed by atoms with van der Waals surface area (Å²) in [5.74, 6) is 0.511. The van der Waals surface area contributed by atoms with E-state index in [1.165, 1.54) is 6.07 Å². The van der Waals surface area contributed by atoms with E-state index in [4.69, 9.17) is 0 Å². The van der Waals surface area contributed by atoms with Crippen molar-refractivity contribution >= 4 is 11.9 Å². The van der Waals surface area contributed by atoms with Crippen molar-refractivity contribution in [3.63, 3.8) is 0 Å². The van der Waals surface area contributed by atoms with E-state index in [0.717, 1.165) is 24.1 Å². The fourth-order valence-electron chi connectivity index (χ4n) is 2.76. The van der Waals surface area contributed by atoms with Crippen molar-refractivity contribution < 1.29 is 9.18 Å². The monoisotopic (exact) mass is 384 g/mol. The normalized spacial score (nSPS) is 11.2. The molecule has 0 heterocycles. The molecule has 28 heavy (non-hydrogen) atoms. The number of guanidine groups is 1. The third kappa shape index (κ3) is 6.37. The molecule has 2 rings (SSSR count). The Morgan fingerprint density at radius 2 is 1.89 bits per heavy atom. The summed E-state index contributed by atoms with van der Waals surface area (Å²) in [6, 6.07) is 12.7. The molecule has 5 nitrogen and oxygen atoms in total. The molecule has 1 amide bonds. The smallest absolute Gasteiger partial charge is 0.253 e. The van der Waals surface area contributed by atoms with E-state index in [9.17, 15) is 9.18 Å². The maximum absolute atomic E-state index is 13.4. The van der Waals surface area contributed by atoms with E-state index in [-0.39, 0.29) is 11.7 Å². The average molecular weight is 384 g/mol. The number of nitrogens with one attached hydrogen (secondary N) is 2. The summed E-state index contributed by atoms with van der Waals surface area (Å²) in [5, 5.41) is 6.52. The molecule has 0 radical (unpaired) electrons. The van der Waals surface area contributed by atoms with Gasteiger partial charge in [0, 0.05) is 32.7 Å². The first-order valence-corrected chi connectivity index (χ1v) is 9.48. The van der Waals surface area contributed by atoms with Gasteiger partial charge in [-0.15, -0.1) is 0 Å². The van der Waals surface area contributed by atoms with Gasteiger partial charge in [-0.25, -0.2) is 9.38 Å². The van der Waals surface area contributed by atoms with E-state index in [2.05, 4.69) is 15.6 Å². The Hall–Kier alpha value is -2.89. The quantitative estimate of drug-likeness (QED) is 0.570. The lowest BCUT2D eigenvalue weighted by molar-refractivity contribution is 0.0827. The number of nitrogens with zero attached hydrogens (tertiary/aromatic N) is 2. The van der Waals surface area contributed by atoms with E-state index in [0.29, 0.717) is 30.2 Å². The summed E-state index contributed by atoms with van der Waals surface area (Å²) in [6.45, 7) is 5.68. The summed E-state index contributed by atoms with van der Waals surface area (Å²) >= 11 is 0. The van der Waals surface area contributed by atoms with Crippen molar-refractivity contribution in [2.45, 2.75) is 26.8 Å². The molecule has 0 bridgehead atoms. The molecule has 0 saturated carbocycles. The Kier molecular flexibility index (Phi) is 7.99. The van der Waals surface area contributed by atoms with Crippen LogP contribution in [-0.2, 0) is 13.0 Å². The van der Waals surface area contributed by atoms with Gasteiger partial charge in [0.25, 0.3) is 5.91 Å². The number of carbonyl (C=O) groups excluding carboxylic acids is 1. The summed E-state index contributed by atoms with van der Waals surface area (Å²) in [7, 11) is 3.50. The lowest BCUT2D eigenvalue weighted by Gasteiger charge is -2.13. The van der Waals surface area contributed by atoms with Crippen LogP contribution in [-0.4, -0.2) is 44.0 Å².